The second-order valence-electron chi connectivity index (χ2n) is 4.17. The van der Waals surface area contributed by atoms with Gasteiger partial charge in [-0.05, 0) is 12.8 Å². The second kappa shape index (κ2) is 3.59. The lowest BCUT2D eigenvalue weighted by molar-refractivity contribution is -0.142. The van der Waals surface area contributed by atoms with Gasteiger partial charge in [-0.3, -0.25) is 9.59 Å². The second-order valence-corrected chi connectivity index (χ2v) is 4.17. The Balaban J connectivity index is 2.34. The van der Waals surface area contributed by atoms with Crippen LogP contribution in [-0.2, 0) is 14.3 Å². The van der Waals surface area contributed by atoms with Crippen LogP contribution < -0.4 is 0 Å². The van der Waals surface area contributed by atoms with Crippen molar-refractivity contribution >= 4 is 18.0 Å². The van der Waals surface area contributed by atoms with E-state index >= 15 is 0 Å². The lowest BCUT2D eigenvalue weighted by Gasteiger charge is -2.31. The van der Waals surface area contributed by atoms with Gasteiger partial charge < -0.3 is 10.3 Å². The summed E-state index contributed by atoms with van der Waals surface area (Å²) in [6.07, 6.45) is 4.10. The van der Waals surface area contributed by atoms with Crippen molar-refractivity contribution in [1.82, 2.24) is 0 Å². The first kappa shape index (κ1) is 10.1. The van der Waals surface area contributed by atoms with E-state index in [1.807, 2.05) is 0 Å². The van der Waals surface area contributed by atoms with E-state index < -0.39 is 5.41 Å². The first-order chi connectivity index (χ1) is 7.20. The Morgan fingerprint density at radius 3 is 3.13 bits per heavy atom. The van der Waals surface area contributed by atoms with Crippen molar-refractivity contribution in [2.75, 3.05) is 6.61 Å². The number of nitrogens with zero attached hydrogens (tertiary/aromatic N) is 2. The average molecular weight is 208 g/mol. The summed E-state index contributed by atoms with van der Waals surface area (Å²) < 4.78 is 4.97. The number of esters is 1. The van der Waals surface area contributed by atoms with Gasteiger partial charge in [0.25, 0.3) is 0 Å². The largest absolute Gasteiger partial charge is 0.464 e. The zero-order valence-corrected chi connectivity index (χ0v) is 8.31. The number of hydrogen-bond acceptors (Lipinski definition) is 3. The number of carbonyl (C=O) groups excluding carboxylic acids is 2. The van der Waals surface area contributed by atoms with E-state index in [4.69, 9.17) is 10.3 Å². The van der Waals surface area contributed by atoms with Crippen LogP contribution in [0.1, 0.15) is 25.7 Å². The van der Waals surface area contributed by atoms with Crippen LogP contribution in [0.25, 0.3) is 5.53 Å². The summed E-state index contributed by atoms with van der Waals surface area (Å²) in [5, 5.41) is 0. The van der Waals surface area contributed by atoms with Crippen LogP contribution in [0.15, 0.2) is 0 Å². The molecule has 2 atom stereocenters. The molecule has 0 aromatic carbocycles. The van der Waals surface area contributed by atoms with Gasteiger partial charge in [0.05, 0.1) is 11.3 Å². The van der Waals surface area contributed by atoms with Gasteiger partial charge in [0.15, 0.2) is 0 Å². The van der Waals surface area contributed by atoms with Crippen molar-refractivity contribution in [3.8, 4) is 0 Å². The van der Waals surface area contributed by atoms with Crippen molar-refractivity contribution in [3.05, 3.63) is 5.53 Å². The number of rotatable bonds is 2. The van der Waals surface area contributed by atoms with E-state index in [0.29, 0.717) is 12.8 Å². The average Bonchev–Trinajstić information content (AvgIpc) is 2.59. The molecular weight excluding hydrogens is 196 g/mol. The number of fused-ring (bicyclic) bond motifs is 1. The Labute approximate surface area is 87.0 Å². The Morgan fingerprint density at radius 1 is 1.60 bits per heavy atom. The molecule has 0 spiro atoms. The van der Waals surface area contributed by atoms with Gasteiger partial charge in [-0.1, -0.05) is 12.8 Å². The van der Waals surface area contributed by atoms with E-state index in [1.54, 1.807) is 0 Å². The number of Topliss-reactive ketones (excluding diaryl/α,β-unsaturated/α-hetero) is 1. The van der Waals surface area contributed by atoms with Crippen molar-refractivity contribution < 1.29 is 19.1 Å². The molecule has 0 radical (unpaired) electrons. The summed E-state index contributed by atoms with van der Waals surface area (Å²) in [7, 11) is 0. The number of cyclic esters (lactones) is 1. The van der Waals surface area contributed by atoms with Gasteiger partial charge >= 0.3 is 12.2 Å². The van der Waals surface area contributed by atoms with Gasteiger partial charge in [0.2, 0.25) is 5.78 Å². The minimum absolute atomic E-state index is 0.140. The third-order valence-corrected chi connectivity index (χ3v) is 3.45. The van der Waals surface area contributed by atoms with Crippen LogP contribution in [0.2, 0.25) is 0 Å². The van der Waals surface area contributed by atoms with E-state index in [1.165, 1.54) is 0 Å². The lowest BCUT2D eigenvalue weighted by Crippen LogP contribution is -2.42. The molecule has 15 heavy (non-hydrogen) atoms. The summed E-state index contributed by atoms with van der Waals surface area (Å²) in [4.78, 5) is 26.0. The molecule has 1 saturated carbocycles. The van der Waals surface area contributed by atoms with Gasteiger partial charge in [-0.15, -0.1) is 0 Å². The normalized spacial score (nSPS) is 33.9. The van der Waals surface area contributed by atoms with Gasteiger partial charge in [0.1, 0.15) is 6.61 Å². The van der Waals surface area contributed by atoms with Crippen molar-refractivity contribution in [2.45, 2.75) is 25.7 Å². The first-order valence-electron chi connectivity index (χ1n) is 5.09. The molecular formula is C10H12N2O3. The quantitative estimate of drug-likeness (QED) is 0.288. The maximum Gasteiger partial charge on any atom is 0.323 e. The molecule has 1 aliphatic carbocycles. The lowest BCUT2D eigenvalue weighted by atomic mass is 9.66. The zero-order valence-electron chi connectivity index (χ0n) is 8.31. The molecule has 5 heteroatoms. The number of ether oxygens (including phenoxy) is 1. The van der Waals surface area contributed by atoms with Crippen LogP contribution in [0.4, 0.5) is 0 Å². The third-order valence-electron chi connectivity index (χ3n) is 3.45. The van der Waals surface area contributed by atoms with Gasteiger partial charge in [-0.2, -0.15) is 4.79 Å². The first-order valence-corrected chi connectivity index (χ1v) is 5.09. The summed E-state index contributed by atoms with van der Waals surface area (Å²) >= 11 is 0. The van der Waals surface area contributed by atoms with Crippen molar-refractivity contribution in [1.29, 1.82) is 0 Å². The molecule has 80 valence electrons. The molecule has 5 nitrogen and oxygen atoms in total. The molecule has 0 unspecified atom stereocenters. The molecule has 1 heterocycles. The molecule has 1 saturated heterocycles. The van der Waals surface area contributed by atoms with E-state index in [2.05, 4.69) is 4.79 Å². The Morgan fingerprint density at radius 2 is 2.40 bits per heavy atom. The van der Waals surface area contributed by atoms with Gasteiger partial charge in [-0.25, -0.2) is 0 Å². The van der Waals surface area contributed by atoms with E-state index in [0.717, 1.165) is 19.1 Å². The van der Waals surface area contributed by atoms with E-state index in [-0.39, 0.29) is 24.3 Å². The fourth-order valence-corrected chi connectivity index (χ4v) is 2.60. The number of ketones is 1. The number of hydrogen-bond donors (Lipinski definition) is 0. The van der Waals surface area contributed by atoms with Crippen LogP contribution in [-0.4, -0.2) is 29.4 Å². The monoisotopic (exact) mass is 208 g/mol. The van der Waals surface area contributed by atoms with Crippen LogP contribution in [0, 0.1) is 11.3 Å². The molecule has 0 aromatic rings. The third kappa shape index (κ3) is 1.39. The summed E-state index contributed by atoms with van der Waals surface area (Å²) in [6, 6.07) is 0. The fraction of sp³-hybridized carbons (Fsp3) is 0.700. The highest BCUT2D eigenvalue weighted by Crippen LogP contribution is 2.46. The minimum atomic E-state index is -0.748. The molecule has 0 bridgehead atoms. The maximum absolute atomic E-state index is 11.8. The zero-order chi connectivity index (χ0) is 10.9. The highest BCUT2D eigenvalue weighted by atomic mass is 16.5. The molecule has 2 rings (SSSR count). The molecule has 0 amide bonds. The SMILES string of the molecule is [N-]=[N+]=CC(=O)[C@@]12CCCC[C@@H]1C(=O)OC2. The highest BCUT2D eigenvalue weighted by Gasteiger charge is 2.56. The van der Waals surface area contributed by atoms with Crippen LogP contribution in [0.3, 0.4) is 0 Å². The molecule has 0 aromatic heterocycles. The van der Waals surface area contributed by atoms with Gasteiger partial charge in [0, 0.05) is 0 Å². The predicted octanol–water partition coefficient (Wildman–Crippen LogP) is 0.589. The van der Waals surface area contributed by atoms with Crippen molar-refractivity contribution in [2.24, 2.45) is 11.3 Å². The molecule has 0 N–H and O–H groups in total. The summed E-state index contributed by atoms with van der Waals surface area (Å²) in [6.45, 7) is 0.140. The van der Waals surface area contributed by atoms with Crippen LogP contribution in [0.5, 0.6) is 0 Å². The maximum atomic E-state index is 11.8. The predicted molar refractivity (Wildman–Crippen MR) is 50.0 cm³/mol. The fourth-order valence-electron chi connectivity index (χ4n) is 2.60. The molecule has 2 fully saturated rings. The van der Waals surface area contributed by atoms with Crippen molar-refractivity contribution in [3.63, 3.8) is 0 Å². The molecule has 2 aliphatic rings. The summed E-state index contributed by atoms with van der Waals surface area (Å²) in [5.41, 5.74) is 7.62. The minimum Gasteiger partial charge on any atom is -0.464 e. The Bertz CT molecular complexity index is 360. The van der Waals surface area contributed by atoms with E-state index in [9.17, 15) is 9.59 Å². The Kier molecular flexibility index (Phi) is 2.40. The summed E-state index contributed by atoms with van der Waals surface area (Å²) in [5.74, 6) is -0.910. The standard InChI is InChI=1S/C10H12N2O3/c11-12-5-8(13)10-4-2-1-3-7(10)9(14)15-6-10/h5,7H,1-4,6H2/t7-,10-/m1/s1. The smallest absolute Gasteiger partial charge is 0.323 e. The highest BCUT2D eigenvalue weighted by molar-refractivity contribution is 6.28. The topological polar surface area (TPSA) is 79.8 Å². The Hall–Kier alpha value is -1.48. The number of carbonyl (C=O) groups is 2. The molecule has 1 aliphatic heterocycles. The van der Waals surface area contributed by atoms with Crippen LogP contribution >= 0.6 is 0 Å².